The van der Waals surface area contributed by atoms with Crippen molar-refractivity contribution in [1.82, 2.24) is 5.32 Å². The first-order chi connectivity index (χ1) is 16.6. The molecule has 0 aliphatic rings. The SMILES string of the molecule is COc1ccc(C)cc1N(Cc1ccc(C(=O)NCCOc2ccc(C)cc2C)cc1)S(C)(=O)=O. The van der Waals surface area contributed by atoms with Crippen molar-refractivity contribution in [3.63, 3.8) is 0 Å². The lowest BCUT2D eigenvalue weighted by molar-refractivity contribution is 0.0947. The lowest BCUT2D eigenvalue weighted by Gasteiger charge is -2.25. The fourth-order valence-corrected chi connectivity index (χ4v) is 4.58. The first-order valence-electron chi connectivity index (χ1n) is 11.3. The van der Waals surface area contributed by atoms with Crippen molar-refractivity contribution in [2.75, 3.05) is 30.8 Å². The van der Waals surface area contributed by atoms with Crippen molar-refractivity contribution in [2.45, 2.75) is 27.3 Å². The number of hydrogen-bond donors (Lipinski definition) is 1. The van der Waals surface area contributed by atoms with Crippen molar-refractivity contribution in [3.8, 4) is 11.5 Å². The van der Waals surface area contributed by atoms with Crippen LogP contribution >= 0.6 is 0 Å². The van der Waals surface area contributed by atoms with Gasteiger partial charge in [-0.2, -0.15) is 0 Å². The molecule has 1 amide bonds. The lowest BCUT2D eigenvalue weighted by atomic mass is 10.1. The van der Waals surface area contributed by atoms with Crippen LogP contribution in [0.1, 0.15) is 32.6 Å². The summed E-state index contributed by atoms with van der Waals surface area (Å²) in [5, 5.41) is 2.84. The van der Waals surface area contributed by atoms with Gasteiger partial charge >= 0.3 is 0 Å². The van der Waals surface area contributed by atoms with Crippen LogP contribution in [0.4, 0.5) is 5.69 Å². The van der Waals surface area contributed by atoms with E-state index in [0.29, 0.717) is 30.2 Å². The summed E-state index contributed by atoms with van der Waals surface area (Å²) in [4.78, 5) is 12.5. The largest absolute Gasteiger partial charge is 0.495 e. The number of methoxy groups -OCH3 is 1. The maximum Gasteiger partial charge on any atom is 0.251 e. The number of benzene rings is 3. The van der Waals surface area contributed by atoms with Gasteiger partial charge in [0.1, 0.15) is 18.1 Å². The predicted molar refractivity (Wildman–Crippen MR) is 139 cm³/mol. The molecule has 0 unspecified atom stereocenters. The number of carbonyl (C=O) groups is 1. The average Bonchev–Trinajstić information content (AvgIpc) is 2.81. The smallest absolute Gasteiger partial charge is 0.251 e. The minimum Gasteiger partial charge on any atom is -0.495 e. The Labute approximate surface area is 207 Å². The minimum absolute atomic E-state index is 0.115. The van der Waals surface area contributed by atoms with E-state index in [1.807, 2.05) is 39.0 Å². The molecule has 0 atom stereocenters. The quantitative estimate of drug-likeness (QED) is 0.421. The third-order valence-electron chi connectivity index (χ3n) is 5.52. The number of anilines is 1. The second-order valence-corrected chi connectivity index (χ2v) is 10.4. The van der Waals surface area contributed by atoms with Gasteiger partial charge in [-0.3, -0.25) is 9.10 Å². The highest BCUT2D eigenvalue weighted by Crippen LogP contribution is 2.32. The van der Waals surface area contributed by atoms with E-state index in [4.69, 9.17) is 9.47 Å². The van der Waals surface area contributed by atoms with E-state index in [0.717, 1.165) is 28.7 Å². The Morgan fingerprint density at radius 1 is 0.914 bits per heavy atom. The molecule has 0 aliphatic heterocycles. The van der Waals surface area contributed by atoms with E-state index in [1.165, 1.54) is 17.0 Å². The molecule has 0 fully saturated rings. The molecule has 0 bridgehead atoms. The van der Waals surface area contributed by atoms with Crippen molar-refractivity contribution in [2.24, 2.45) is 0 Å². The van der Waals surface area contributed by atoms with Gasteiger partial charge in [-0.05, 0) is 67.8 Å². The number of carbonyl (C=O) groups excluding carboxylic acids is 1. The molecule has 3 rings (SSSR count). The Hall–Kier alpha value is -3.52. The van der Waals surface area contributed by atoms with Gasteiger partial charge < -0.3 is 14.8 Å². The standard InChI is InChI=1S/C27H32N2O5S/c1-19-6-12-25(21(3)16-19)34-15-14-28-27(30)23-10-8-22(9-11-23)18-29(35(5,31)32)24-17-20(2)7-13-26(24)33-4/h6-13,16-17H,14-15,18H2,1-5H3,(H,28,30). The molecule has 35 heavy (non-hydrogen) atoms. The Morgan fingerprint density at radius 2 is 1.54 bits per heavy atom. The highest BCUT2D eigenvalue weighted by Gasteiger charge is 2.22. The average molecular weight is 497 g/mol. The minimum atomic E-state index is -3.58. The number of sulfonamides is 1. The summed E-state index contributed by atoms with van der Waals surface area (Å²) in [7, 11) is -2.07. The van der Waals surface area contributed by atoms with Crippen LogP contribution in [0, 0.1) is 20.8 Å². The van der Waals surface area contributed by atoms with E-state index in [-0.39, 0.29) is 12.5 Å². The van der Waals surface area contributed by atoms with Crippen LogP contribution < -0.4 is 19.1 Å². The van der Waals surface area contributed by atoms with Gasteiger partial charge in [-0.25, -0.2) is 8.42 Å². The van der Waals surface area contributed by atoms with Crippen LogP contribution in [-0.2, 0) is 16.6 Å². The van der Waals surface area contributed by atoms with Crippen molar-refractivity contribution in [1.29, 1.82) is 0 Å². The molecule has 1 N–H and O–H groups in total. The van der Waals surface area contributed by atoms with Gasteiger partial charge in [0, 0.05) is 5.56 Å². The highest BCUT2D eigenvalue weighted by atomic mass is 32.2. The molecule has 186 valence electrons. The molecule has 0 saturated carbocycles. The van der Waals surface area contributed by atoms with Gasteiger partial charge in [0.15, 0.2) is 0 Å². The van der Waals surface area contributed by atoms with Gasteiger partial charge in [0.25, 0.3) is 5.91 Å². The van der Waals surface area contributed by atoms with Crippen LogP contribution in [0.25, 0.3) is 0 Å². The Balaban J connectivity index is 1.63. The van der Waals surface area contributed by atoms with Gasteiger partial charge in [-0.1, -0.05) is 35.9 Å². The van der Waals surface area contributed by atoms with E-state index in [1.54, 1.807) is 36.4 Å². The molecular formula is C27H32N2O5S. The number of hydrogen-bond acceptors (Lipinski definition) is 5. The summed E-state index contributed by atoms with van der Waals surface area (Å²) in [6.45, 7) is 6.75. The summed E-state index contributed by atoms with van der Waals surface area (Å²) < 4.78 is 37.6. The van der Waals surface area contributed by atoms with E-state index >= 15 is 0 Å². The zero-order valence-electron chi connectivity index (χ0n) is 20.8. The molecule has 3 aromatic rings. The number of rotatable bonds is 10. The normalized spacial score (nSPS) is 11.1. The fourth-order valence-electron chi connectivity index (χ4n) is 3.69. The molecule has 8 heteroatoms. The topological polar surface area (TPSA) is 84.9 Å². The second-order valence-electron chi connectivity index (χ2n) is 8.52. The van der Waals surface area contributed by atoms with Crippen molar-refractivity contribution < 1.29 is 22.7 Å². The molecule has 0 aromatic heterocycles. The third kappa shape index (κ3) is 6.99. The molecule has 3 aromatic carbocycles. The summed E-state index contributed by atoms with van der Waals surface area (Å²) in [5.74, 6) is 1.05. The second kappa shape index (κ2) is 11.3. The molecule has 0 aliphatic carbocycles. The summed E-state index contributed by atoms with van der Waals surface area (Å²) >= 11 is 0. The van der Waals surface area contributed by atoms with Crippen molar-refractivity contribution >= 4 is 21.6 Å². The highest BCUT2D eigenvalue weighted by molar-refractivity contribution is 7.92. The zero-order valence-corrected chi connectivity index (χ0v) is 21.6. The van der Waals surface area contributed by atoms with Gasteiger partial charge in [0.2, 0.25) is 10.0 Å². The van der Waals surface area contributed by atoms with E-state index in [2.05, 4.69) is 11.4 Å². The number of ether oxygens (including phenoxy) is 2. The Kier molecular flexibility index (Phi) is 8.40. The number of nitrogens with zero attached hydrogens (tertiary/aromatic N) is 1. The maximum atomic E-state index is 12.6. The lowest BCUT2D eigenvalue weighted by Crippen LogP contribution is -2.30. The van der Waals surface area contributed by atoms with Crippen LogP contribution in [0.3, 0.4) is 0 Å². The Morgan fingerprint density at radius 3 is 2.14 bits per heavy atom. The van der Waals surface area contributed by atoms with E-state index < -0.39 is 10.0 Å². The summed E-state index contributed by atoms with van der Waals surface area (Å²) in [5.41, 5.74) is 4.85. The first-order valence-corrected chi connectivity index (χ1v) is 13.1. The third-order valence-corrected chi connectivity index (χ3v) is 6.65. The number of amides is 1. The zero-order chi connectivity index (χ0) is 25.6. The Bertz CT molecular complexity index is 1290. The monoisotopic (exact) mass is 496 g/mol. The van der Waals surface area contributed by atoms with Gasteiger partial charge in [0.05, 0.1) is 32.1 Å². The molecular weight excluding hydrogens is 464 g/mol. The van der Waals surface area contributed by atoms with Crippen LogP contribution in [0.5, 0.6) is 11.5 Å². The number of aryl methyl sites for hydroxylation is 3. The summed E-state index contributed by atoms with van der Waals surface area (Å²) in [6, 6.07) is 18.2. The summed E-state index contributed by atoms with van der Waals surface area (Å²) in [6.07, 6.45) is 1.16. The molecule has 0 saturated heterocycles. The van der Waals surface area contributed by atoms with Crippen LogP contribution in [-0.4, -0.2) is 40.8 Å². The predicted octanol–water partition coefficient (Wildman–Crippen LogP) is 4.40. The maximum absolute atomic E-state index is 12.6. The fraction of sp³-hybridized carbons (Fsp3) is 0.296. The van der Waals surface area contributed by atoms with Crippen LogP contribution in [0.2, 0.25) is 0 Å². The molecule has 0 radical (unpaired) electrons. The molecule has 0 heterocycles. The molecule has 7 nitrogen and oxygen atoms in total. The molecule has 0 spiro atoms. The first kappa shape index (κ1) is 26.1. The van der Waals surface area contributed by atoms with Crippen LogP contribution in [0.15, 0.2) is 60.7 Å². The van der Waals surface area contributed by atoms with E-state index in [9.17, 15) is 13.2 Å². The van der Waals surface area contributed by atoms with Crippen molar-refractivity contribution in [3.05, 3.63) is 88.5 Å². The number of nitrogens with one attached hydrogen (secondary N) is 1. The van der Waals surface area contributed by atoms with Gasteiger partial charge in [-0.15, -0.1) is 0 Å².